The molecule has 0 saturated carbocycles. The Hall–Kier alpha value is -2.93. The lowest BCUT2D eigenvalue weighted by molar-refractivity contribution is 0.531. The molecule has 6 nitrogen and oxygen atoms in total. The van der Waals surface area contributed by atoms with Crippen LogP contribution in [0, 0.1) is 6.92 Å². The number of thioether (sulfide) groups is 1. The zero-order valence-electron chi connectivity index (χ0n) is 17.9. The monoisotopic (exact) mass is 434 g/mol. The minimum atomic E-state index is -0.104. The van der Waals surface area contributed by atoms with E-state index in [4.69, 9.17) is 4.98 Å². The maximum atomic E-state index is 13.1. The standard InChI is InChI=1S/C24H26N4O2S/c1-3-4-5-8-13-27-23(30)19-9-6-7-10-20(19)26-24(27)31-16-18-14-22(29)28-15-17(2)11-12-21(28)25-18/h6-7,9-12,14-15H,3-5,8,13,16H2,1-2H3. The van der Waals surface area contributed by atoms with Gasteiger partial charge in [0.25, 0.3) is 11.1 Å². The van der Waals surface area contributed by atoms with Gasteiger partial charge in [-0.15, -0.1) is 0 Å². The maximum Gasteiger partial charge on any atom is 0.262 e. The lowest BCUT2D eigenvalue weighted by Crippen LogP contribution is -2.23. The van der Waals surface area contributed by atoms with Gasteiger partial charge in [-0.3, -0.25) is 18.6 Å². The summed E-state index contributed by atoms with van der Waals surface area (Å²) in [6.07, 6.45) is 6.12. The van der Waals surface area contributed by atoms with Crippen molar-refractivity contribution in [2.75, 3.05) is 0 Å². The lowest BCUT2D eigenvalue weighted by atomic mass is 10.2. The van der Waals surface area contributed by atoms with Crippen LogP contribution in [0.2, 0.25) is 0 Å². The molecule has 0 aliphatic heterocycles. The number of benzene rings is 1. The van der Waals surface area contributed by atoms with Crippen LogP contribution in [0.4, 0.5) is 0 Å². The number of pyridine rings is 1. The number of nitrogens with zero attached hydrogens (tertiary/aromatic N) is 4. The Kier molecular flexibility index (Phi) is 6.51. The number of fused-ring (bicyclic) bond motifs is 2. The highest BCUT2D eigenvalue weighted by Gasteiger charge is 2.12. The Morgan fingerprint density at radius 2 is 1.84 bits per heavy atom. The summed E-state index contributed by atoms with van der Waals surface area (Å²) in [5.41, 5.74) is 2.89. The van der Waals surface area contributed by atoms with E-state index in [1.807, 2.05) is 43.3 Å². The van der Waals surface area contributed by atoms with Gasteiger partial charge in [0.05, 0.1) is 16.6 Å². The van der Waals surface area contributed by atoms with Gasteiger partial charge in [-0.25, -0.2) is 9.97 Å². The van der Waals surface area contributed by atoms with Gasteiger partial charge < -0.3 is 0 Å². The third-order valence-corrected chi connectivity index (χ3v) is 6.28. The van der Waals surface area contributed by atoms with E-state index in [2.05, 4.69) is 11.9 Å². The largest absolute Gasteiger partial charge is 0.287 e. The summed E-state index contributed by atoms with van der Waals surface area (Å²) in [5, 5.41) is 1.31. The molecule has 0 atom stereocenters. The van der Waals surface area contributed by atoms with Gasteiger partial charge in [0.2, 0.25) is 0 Å². The molecule has 0 N–H and O–H groups in total. The van der Waals surface area contributed by atoms with Crippen molar-refractivity contribution < 1.29 is 0 Å². The van der Waals surface area contributed by atoms with Crippen LogP contribution in [-0.4, -0.2) is 18.9 Å². The van der Waals surface area contributed by atoms with Crippen LogP contribution < -0.4 is 11.1 Å². The fourth-order valence-corrected chi connectivity index (χ4v) is 4.54. The molecule has 0 aliphatic carbocycles. The highest BCUT2D eigenvalue weighted by Crippen LogP contribution is 2.22. The van der Waals surface area contributed by atoms with Gasteiger partial charge in [-0.1, -0.05) is 56.1 Å². The minimum Gasteiger partial charge on any atom is -0.287 e. The van der Waals surface area contributed by atoms with Crippen molar-refractivity contribution in [1.82, 2.24) is 18.9 Å². The normalized spacial score (nSPS) is 11.4. The molecule has 0 bridgehead atoms. The Morgan fingerprint density at radius 3 is 2.68 bits per heavy atom. The van der Waals surface area contributed by atoms with Gasteiger partial charge in [0.15, 0.2) is 5.16 Å². The molecular formula is C24H26N4O2S. The second-order valence-electron chi connectivity index (χ2n) is 7.74. The van der Waals surface area contributed by atoms with E-state index in [0.717, 1.165) is 31.2 Å². The molecule has 0 fully saturated rings. The van der Waals surface area contributed by atoms with Crippen LogP contribution in [0.1, 0.15) is 43.9 Å². The highest BCUT2D eigenvalue weighted by atomic mass is 32.2. The number of aryl methyl sites for hydroxylation is 1. The first kappa shape index (κ1) is 21.3. The third-order valence-electron chi connectivity index (χ3n) is 5.27. The van der Waals surface area contributed by atoms with Crippen LogP contribution in [0.5, 0.6) is 0 Å². The second kappa shape index (κ2) is 9.47. The Balaban J connectivity index is 1.65. The predicted molar refractivity (Wildman–Crippen MR) is 126 cm³/mol. The molecule has 0 aliphatic rings. The molecular weight excluding hydrogens is 408 g/mol. The minimum absolute atomic E-state index is 0.00777. The first-order valence-corrected chi connectivity index (χ1v) is 11.7. The van der Waals surface area contributed by atoms with Crippen LogP contribution in [-0.2, 0) is 12.3 Å². The van der Waals surface area contributed by atoms with E-state index in [-0.39, 0.29) is 11.1 Å². The van der Waals surface area contributed by atoms with E-state index >= 15 is 0 Å². The SMILES string of the molecule is CCCCCCn1c(SCc2cc(=O)n3cc(C)ccc3n2)nc2ccccc2c1=O. The van der Waals surface area contributed by atoms with E-state index in [1.54, 1.807) is 21.2 Å². The van der Waals surface area contributed by atoms with Crippen LogP contribution in [0.3, 0.4) is 0 Å². The van der Waals surface area contributed by atoms with Crippen molar-refractivity contribution in [2.45, 2.75) is 57.0 Å². The summed E-state index contributed by atoms with van der Waals surface area (Å²) in [6, 6.07) is 12.8. The average molecular weight is 435 g/mol. The highest BCUT2D eigenvalue weighted by molar-refractivity contribution is 7.98. The van der Waals surface area contributed by atoms with Gasteiger partial charge >= 0.3 is 0 Å². The number of aromatic nitrogens is 4. The molecule has 7 heteroatoms. The van der Waals surface area contributed by atoms with Crippen molar-refractivity contribution >= 4 is 28.3 Å². The second-order valence-corrected chi connectivity index (χ2v) is 8.68. The van der Waals surface area contributed by atoms with Crippen LogP contribution in [0.15, 0.2) is 63.4 Å². The molecule has 1 aromatic carbocycles. The van der Waals surface area contributed by atoms with Gasteiger partial charge in [0.1, 0.15) is 5.65 Å². The Morgan fingerprint density at radius 1 is 1.00 bits per heavy atom. The number of para-hydroxylation sites is 1. The van der Waals surface area contributed by atoms with Crippen molar-refractivity contribution in [3.8, 4) is 0 Å². The first-order chi connectivity index (χ1) is 15.1. The number of unbranched alkanes of at least 4 members (excludes halogenated alkanes) is 3. The van der Waals surface area contributed by atoms with Crippen molar-refractivity contribution in [3.63, 3.8) is 0 Å². The van der Waals surface area contributed by atoms with Gasteiger partial charge in [-0.2, -0.15) is 0 Å². The summed E-state index contributed by atoms with van der Waals surface area (Å²) >= 11 is 1.45. The summed E-state index contributed by atoms with van der Waals surface area (Å²) in [4.78, 5) is 35.0. The van der Waals surface area contributed by atoms with Crippen molar-refractivity contribution in [1.29, 1.82) is 0 Å². The quantitative estimate of drug-likeness (QED) is 0.231. The van der Waals surface area contributed by atoms with E-state index in [1.165, 1.54) is 11.8 Å². The zero-order chi connectivity index (χ0) is 21.8. The summed E-state index contributed by atoms with van der Waals surface area (Å²) < 4.78 is 3.33. The Labute approximate surface area is 185 Å². The van der Waals surface area contributed by atoms with Gasteiger partial charge in [-0.05, 0) is 37.1 Å². The van der Waals surface area contributed by atoms with E-state index in [0.29, 0.717) is 39.7 Å². The van der Waals surface area contributed by atoms with Crippen LogP contribution >= 0.6 is 11.8 Å². The fraction of sp³-hybridized carbons (Fsp3) is 0.333. The zero-order valence-corrected chi connectivity index (χ0v) is 18.7. The number of hydrogen-bond acceptors (Lipinski definition) is 5. The van der Waals surface area contributed by atoms with Crippen molar-refractivity contribution in [3.05, 3.63) is 80.6 Å². The Bertz CT molecular complexity index is 1340. The molecule has 0 spiro atoms. The predicted octanol–water partition coefficient (Wildman–Crippen LogP) is 4.59. The average Bonchev–Trinajstić information content (AvgIpc) is 2.77. The molecule has 3 aromatic heterocycles. The third kappa shape index (κ3) is 4.71. The topological polar surface area (TPSA) is 69.3 Å². The van der Waals surface area contributed by atoms with E-state index < -0.39 is 0 Å². The first-order valence-electron chi connectivity index (χ1n) is 10.7. The number of rotatable bonds is 8. The van der Waals surface area contributed by atoms with Crippen molar-refractivity contribution in [2.24, 2.45) is 0 Å². The maximum absolute atomic E-state index is 13.1. The summed E-state index contributed by atoms with van der Waals surface area (Å²) in [6.45, 7) is 4.76. The number of hydrogen-bond donors (Lipinski definition) is 0. The fourth-order valence-electron chi connectivity index (χ4n) is 3.62. The van der Waals surface area contributed by atoms with Gasteiger partial charge in [0, 0.05) is 24.6 Å². The molecule has 3 heterocycles. The molecule has 4 aromatic rings. The molecule has 0 saturated heterocycles. The molecule has 4 rings (SSSR count). The molecule has 31 heavy (non-hydrogen) atoms. The molecule has 0 unspecified atom stereocenters. The smallest absolute Gasteiger partial charge is 0.262 e. The summed E-state index contributed by atoms with van der Waals surface area (Å²) in [7, 11) is 0. The van der Waals surface area contributed by atoms with Crippen LogP contribution in [0.25, 0.3) is 16.6 Å². The van der Waals surface area contributed by atoms with E-state index in [9.17, 15) is 9.59 Å². The molecule has 0 radical (unpaired) electrons. The molecule has 160 valence electrons. The molecule has 0 amide bonds. The lowest BCUT2D eigenvalue weighted by Gasteiger charge is -2.13. The summed E-state index contributed by atoms with van der Waals surface area (Å²) in [5.74, 6) is 0.472.